The van der Waals surface area contributed by atoms with Crippen molar-refractivity contribution >= 4 is 11.9 Å². The minimum absolute atomic E-state index is 0.0850. The summed E-state index contributed by atoms with van der Waals surface area (Å²) in [6.45, 7) is 6.43. The molecule has 0 saturated heterocycles. The van der Waals surface area contributed by atoms with Crippen molar-refractivity contribution in [2.45, 2.75) is 91.0 Å². The summed E-state index contributed by atoms with van der Waals surface area (Å²) in [7, 11) is 0. The highest BCUT2D eigenvalue weighted by Gasteiger charge is 2.23. The van der Waals surface area contributed by atoms with E-state index >= 15 is 0 Å². The van der Waals surface area contributed by atoms with Gasteiger partial charge >= 0.3 is 5.97 Å². The number of unbranched alkanes of at least 4 members (excludes halogenated alkanes) is 7. The Hall–Kier alpha value is -1.32. The van der Waals surface area contributed by atoms with Gasteiger partial charge in [0.15, 0.2) is 0 Å². The Morgan fingerprint density at radius 1 is 0.957 bits per heavy atom. The lowest BCUT2D eigenvalue weighted by molar-refractivity contribution is -0.149. The van der Waals surface area contributed by atoms with E-state index in [-0.39, 0.29) is 5.91 Å². The number of rotatable bonds is 14. The van der Waals surface area contributed by atoms with Crippen LogP contribution in [0.15, 0.2) is 12.2 Å². The van der Waals surface area contributed by atoms with Crippen LogP contribution in [0.2, 0.25) is 0 Å². The molecule has 0 unspecified atom stereocenters. The zero-order valence-corrected chi connectivity index (χ0v) is 15.2. The number of nitrogens with zero attached hydrogens (tertiary/aromatic N) is 1. The normalized spacial score (nSPS) is 12.5. The van der Waals surface area contributed by atoms with E-state index in [9.17, 15) is 14.7 Å². The van der Waals surface area contributed by atoms with Crippen LogP contribution in [0.25, 0.3) is 0 Å². The number of aliphatic carboxylic acids is 1. The molecule has 1 N–H and O–H groups in total. The summed E-state index contributed by atoms with van der Waals surface area (Å²) in [5.74, 6) is -1.02. The first-order valence-corrected chi connectivity index (χ1v) is 9.21. The number of hydrogen-bond acceptors (Lipinski definition) is 2. The molecule has 0 radical (unpaired) electrons. The van der Waals surface area contributed by atoms with E-state index in [2.05, 4.69) is 13.8 Å². The van der Waals surface area contributed by atoms with E-state index in [1.165, 1.54) is 37.0 Å². The average molecular weight is 325 g/mol. The molecule has 0 aromatic carbocycles. The largest absolute Gasteiger partial charge is 0.480 e. The summed E-state index contributed by atoms with van der Waals surface area (Å²) < 4.78 is 0. The third-order valence-corrected chi connectivity index (χ3v) is 4.06. The van der Waals surface area contributed by atoms with Crippen LogP contribution in [0.3, 0.4) is 0 Å². The summed E-state index contributed by atoms with van der Waals surface area (Å²) >= 11 is 0. The molecule has 1 atom stereocenters. The Kier molecular flexibility index (Phi) is 13.5. The van der Waals surface area contributed by atoms with Gasteiger partial charge in [0.05, 0.1) is 0 Å². The highest BCUT2D eigenvalue weighted by molar-refractivity contribution is 5.84. The second-order valence-corrected chi connectivity index (χ2v) is 6.19. The van der Waals surface area contributed by atoms with Crippen molar-refractivity contribution < 1.29 is 14.7 Å². The van der Waals surface area contributed by atoms with Gasteiger partial charge in [-0.05, 0) is 19.8 Å². The van der Waals surface area contributed by atoms with E-state index in [1.54, 1.807) is 6.92 Å². The summed E-state index contributed by atoms with van der Waals surface area (Å²) in [6.07, 6.45) is 14.3. The van der Waals surface area contributed by atoms with Crippen LogP contribution < -0.4 is 0 Å². The molecule has 0 saturated carbocycles. The lowest BCUT2D eigenvalue weighted by atomic mass is 10.1. The standard InChI is InChI=1S/C19H35NO3/c1-4-6-8-10-11-12-14-16-20(17(3)19(22)23)18(21)15-13-9-7-5-2/h9,13,17H,4-8,10-12,14-16H2,1-3H3,(H,22,23)/b13-9+/t17-/m0/s1. The van der Waals surface area contributed by atoms with Gasteiger partial charge in [-0.3, -0.25) is 4.79 Å². The molecular formula is C19H35NO3. The predicted molar refractivity (Wildman–Crippen MR) is 95.5 cm³/mol. The number of allylic oxidation sites excluding steroid dienone is 1. The Bertz CT molecular complexity index is 353. The molecule has 0 aromatic rings. The topological polar surface area (TPSA) is 57.6 Å². The molecule has 1 amide bonds. The second kappa shape index (κ2) is 14.3. The van der Waals surface area contributed by atoms with Gasteiger partial charge in [0.25, 0.3) is 0 Å². The van der Waals surface area contributed by atoms with E-state index in [4.69, 9.17) is 0 Å². The van der Waals surface area contributed by atoms with Crippen molar-refractivity contribution in [3.05, 3.63) is 12.2 Å². The molecule has 23 heavy (non-hydrogen) atoms. The Morgan fingerprint density at radius 3 is 2.13 bits per heavy atom. The van der Waals surface area contributed by atoms with Crippen molar-refractivity contribution in [1.29, 1.82) is 0 Å². The van der Waals surface area contributed by atoms with E-state index in [0.717, 1.165) is 25.7 Å². The van der Waals surface area contributed by atoms with E-state index in [1.807, 2.05) is 12.2 Å². The van der Waals surface area contributed by atoms with Gasteiger partial charge < -0.3 is 10.0 Å². The van der Waals surface area contributed by atoms with Crippen LogP contribution in [0.4, 0.5) is 0 Å². The molecule has 0 aliphatic carbocycles. The first-order chi connectivity index (χ1) is 11.0. The Balaban J connectivity index is 4.24. The molecule has 0 aliphatic heterocycles. The third-order valence-electron chi connectivity index (χ3n) is 4.06. The van der Waals surface area contributed by atoms with E-state index in [0.29, 0.717) is 13.0 Å². The van der Waals surface area contributed by atoms with Gasteiger partial charge in [-0.2, -0.15) is 0 Å². The maximum Gasteiger partial charge on any atom is 0.326 e. The van der Waals surface area contributed by atoms with Crippen molar-refractivity contribution in [3.63, 3.8) is 0 Å². The molecule has 0 heterocycles. The van der Waals surface area contributed by atoms with E-state index < -0.39 is 12.0 Å². The molecular weight excluding hydrogens is 290 g/mol. The lowest BCUT2D eigenvalue weighted by Gasteiger charge is -2.26. The molecule has 0 rings (SSSR count). The minimum atomic E-state index is -0.932. The van der Waals surface area contributed by atoms with Gasteiger partial charge in [-0.15, -0.1) is 0 Å². The molecule has 4 nitrogen and oxygen atoms in total. The summed E-state index contributed by atoms with van der Waals surface area (Å²) in [4.78, 5) is 25.0. The highest BCUT2D eigenvalue weighted by Crippen LogP contribution is 2.10. The number of carboxylic acid groups (broad SMARTS) is 1. The van der Waals surface area contributed by atoms with Crippen LogP contribution >= 0.6 is 0 Å². The Morgan fingerprint density at radius 2 is 1.57 bits per heavy atom. The number of amides is 1. The smallest absolute Gasteiger partial charge is 0.326 e. The summed E-state index contributed by atoms with van der Waals surface area (Å²) in [6, 6.07) is -0.748. The van der Waals surface area contributed by atoms with Crippen molar-refractivity contribution in [2.24, 2.45) is 0 Å². The molecule has 4 heteroatoms. The Labute approximate surface area is 141 Å². The van der Waals surface area contributed by atoms with Crippen LogP contribution in [0, 0.1) is 0 Å². The number of hydrogen-bond donors (Lipinski definition) is 1. The molecule has 0 fully saturated rings. The third kappa shape index (κ3) is 10.9. The fraction of sp³-hybridized carbons (Fsp3) is 0.789. The number of carbonyl (C=O) groups is 2. The molecule has 0 bridgehead atoms. The van der Waals surface area contributed by atoms with Crippen LogP contribution in [0.5, 0.6) is 0 Å². The summed E-state index contributed by atoms with van der Waals surface area (Å²) in [5, 5.41) is 9.20. The highest BCUT2D eigenvalue weighted by atomic mass is 16.4. The second-order valence-electron chi connectivity index (χ2n) is 6.19. The summed E-state index contributed by atoms with van der Waals surface area (Å²) in [5.41, 5.74) is 0. The van der Waals surface area contributed by atoms with Crippen LogP contribution in [0.1, 0.15) is 85.0 Å². The van der Waals surface area contributed by atoms with Crippen LogP contribution in [-0.4, -0.2) is 34.5 Å². The van der Waals surface area contributed by atoms with Gasteiger partial charge in [0.1, 0.15) is 6.04 Å². The first kappa shape index (κ1) is 21.7. The lowest BCUT2D eigenvalue weighted by Crippen LogP contribution is -2.43. The predicted octanol–water partition coefficient (Wildman–Crippen LogP) is 4.79. The zero-order chi connectivity index (χ0) is 17.5. The number of carbonyl (C=O) groups excluding carboxylic acids is 1. The maximum absolute atomic E-state index is 12.3. The molecule has 0 aliphatic rings. The molecule has 134 valence electrons. The monoisotopic (exact) mass is 325 g/mol. The van der Waals surface area contributed by atoms with Gasteiger partial charge in [0, 0.05) is 13.0 Å². The maximum atomic E-state index is 12.3. The average Bonchev–Trinajstić information content (AvgIpc) is 2.53. The fourth-order valence-corrected chi connectivity index (χ4v) is 2.49. The van der Waals surface area contributed by atoms with Crippen molar-refractivity contribution in [2.75, 3.05) is 6.54 Å². The number of carboxylic acids is 1. The SMILES string of the molecule is CCC/C=C/CC(=O)N(CCCCCCCCC)[C@@H](C)C(=O)O. The quantitative estimate of drug-likeness (QED) is 0.369. The molecule has 0 aromatic heterocycles. The van der Waals surface area contributed by atoms with Gasteiger partial charge in [-0.1, -0.05) is 70.9 Å². The van der Waals surface area contributed by atoms with Crippen molar-refractivity contribution in [3.8, 4) is 0 Å². The zero-order valence-electron chi connectivity index (χ0n) is 15.2. The fourth-order valence-electron chi connectivity index (χ4n) is 2.49. The first-order valence-electron chi connectivity index (χ1n) is 9.21. The molecule has 0 spiro atoms. The van der Waals surface area contributed by atoms with Crippen molar-refractivity contribution in [1.82, 2.24) is 4.90 Å². The van der Waals surface area contributed by atoms with Gasteiger partial charge in [0.2, 0.25) is 5.91 Å². The van der Waals surface area contributed by atoms with Gasteiger partial charge in [-0.25, -0.2) is 4.79 Å². The van der Waals surface area contributed by atoms with Crippen LogP contribution in [-0.2, 0) is 9.59 Å². The minimum Gasteiger partial charge on any atom is -0.480 e.